The van der Waals surface area contributed by atoms with Gasteiger partial charge in [-0.2, -0.15) is 0 Å². The topological polar surface area (TPSA) is 34.1 Å². The minimum atomic E-state index is -0.315. The third-order valence-electron chi connectivity index (χ3n) is 2.35. The van der Waals surface area contributed by atoms with Gasteiger partial charge < -0.3 is 10.1 Å². The Balaban J connectivity index is 2.09. The number of hydrogen-bond acceptors (Lipinski definition) is 3. The zero-order valence-corrected chi connectivity index (χ0v) is 9.48. The Bertz CT molecular complexity index is 488. The molecule has 17 heavy (non-hydrogen) atoms. The van der Waals surface area contributed by atoms with Crippen LogP contribution in [0.3, 0.4) is 0 Å². The lowest BCUT2D eigenvalue weighted by atomic mass is 10.2. The average Bonchev–Trinajstić information content (AvgIpc) is 2.38. The number of rotatable bonds is 4. The second kappa shape index (κ2) is 5.30. The van der Waals surface area contributed by atoms with Gasteiger partial charge in [0.25, 0.3) is 0 Å². The van der Waals surface area contributed by atoms with Gasteiger partial charge in [-0.25, -0.2) is 4.39 Å². The van der Waals surface area contributed by atoms with E-state index in [-0.39, 0.29) is 5.82 Å². The number of nitrogens with one attached hydrogen (secondary N) is 1. The van der Waals surface area contributed by atoms with Crippen LogP contribution in [0.25, 0.3) is 0 Å². The summed E-state index contributed by atoms with van der Waals surface area (Å²) in [6, 6.07) is 10.1. The first-order chi connectivity index (χ1) is 8.29. The first-order valence-electron chi connectivity index (χ1n) is 5.27. The maximum Gasteiger partial charge on any atom is 0.144 e. The van der Waals surface area contributed by atoms with E-state index >= 15 is 0 Å². The Kier molecular flexibility index (Phi) is 3.55. The van der Waals surface area contributed by atoms with Crippen LogP contribution in [-0.4, -0.2) is 12.1 Å². The molecule has 2 aromatic rings. The second-order valence-corrected chi connectivity index (χ2v) is 3.52. The molecule has 88 valence electrons. The molecular weight excluding hydrogens is 219 g/mol. The van der Waals surface area contributed by atoms with Crippen molar-refractivity contribution < 1.29 is 9.13 Å². The summed E-state index contributed by atoms with van der Waals surface area (Å²) in [6.45, 7) is 0.572. The lowest BCUT2D eigenvalue weighted by Gasteiger charge is -2.10. The van der Waals surface area contributed by atoms with Crippen LogP contribution >= 0.6 is 0 Å². The highest BCUT2D eigenvalue weighted by Gasteiger charge is 2.04. The molecule has 0 aliphatic heterocycles. The highest BCUT2D eigenvalue weighted by molar-refractivity contribution is 5.56. The molecule has 1 heterocycles. The van der Waals surface area contributed by atoms with E-state index in [2.05, 4.69) is 10.3 Å². The summed E-state index contributed by atoms with van der Waals surface area (Å²) in [7, 11) is 1.51. The predicted molar refractivity (Wildman–Crippen MR) is 64.5 cm³/mol. The summed E-state index contributed by atoms with van der Waals surface area (Å²) in [5.41, 5.74) is 1.67. The van der Waals surface area contributed by atoms with Crippen LogP contribution in [0.1, 0.15) is 5.69 Å². The van der Waals surface area contributed by atoms with Crippen molar-refractivity contribution in [2.24, 2.45) is 0 Å². The van der Waals surface area contributed by atoms with Gasteiger partial charge in [-0.1, -0.05) is 6.07 Å². The lowest BCUT2D eigenvalue weighted by Crippen LogP contribution is -2.02. The van der Waals surface area contributed by atoms with Crippen molar-refractivity contribution in [3.8, 4) is 5.75 Å². The molecule has 0 aliphatic carbocycles. The molecule has 0 spiro atoms. The molecule has 0 radical (unpaired) electrons. The Morgan fingerprint density at radius 3 is 2.88 bits per heavy atom. The quantitative estimate of drug-likeness (QED) is 0.880. The molecular formula is C13H13FN2O. The fraction of sp³-hybridized carbons (Fsp3) is 0.154. The van der Waals surface area contributed by atoms with Crippen LogP contribution in [0.4, 0.5) is 10.1 Å². The monoisotopic (exact) mass is 232 g/mol. The number of ether oxygens (including phenoxy) is 1. The van der Waals surface area contributed by atoms with Crippen molar-refractivity contribution in [3.63, 3.8) is 0 Å². The van der Waals surface area contributed by atoms with Crippen molar-refractivity contribution in [3.05, 3.63) is 54.1 Å². The molecule has 1 N–H and O–H groups in total. The third-order valence-corrected chi connectivity index (χ3v) is 2.35. The van der Waals surface area contributed by atoms with Gasteiger partial charge in [-0.15, -0.1) is 0 Å². The summed E-state index contributed by atoms with van der Waals surface area (Å²) >= 11 is 0. The van der Waals surface area contributed by atoms with Gasteiger partial charge in [0.2, 0.25) is 0 Å². The van der Waals surface area contributed by atoms with Crippen LogP contribution < -0.4 is 10.1 Å². The average molecular weight is 232 g/mol. The first-order valence-corrected chi connectivity index (χ1v) is 5.27. The van der Waals surface area contributed by atoms with Crippen molar-refractivity contribution >= 4 is 5.69 Å². The Morgan fingerprint density at radius 1 is 1.29 bits per heavy atom. The summed E-state index contributed by atoms with van der Waals surface area (Å²) in [4.78, 5) is 4.19. The van der Waals surface area contributed by atoms with E-state index in [0.29, 0.717) is 12.3 Å². The van der Waals surface area contributed by atoms with Gasteiger partial charge in [0.15, 0.2) is 0 Å². The molecule has 0 bridgehead atoms. The Hall–Kier alpha value is -2.10. The molecule has 1 aromatic carbocycles. The predicted octanol–water partition coefficient (Wildman–Crippen LogP) is 2.84. The Labute approximate surface area is 99.3 Å². The molecule has 0 atom stereocenters. The fourth-order valence-electron chi connectivity index (χ4n) is 1.50. The maximum absolute atomic E-state index is 13.0. The molecule has 4 heteroatoms. The van der Waals surface area contributed by atoms with E-state index in [1.54, 1.807) is 12.3 Å². The number of aromatic nitrogens is 1. The molecule has 0 fully saturated rings. The van der Waals surface area contributed by atoms with Gasteiger partial charge in [0, 0.05) is 12.3 Å². The number of hydrogen-bond donors (Lipinski definition) is 1. The normalized spacial score (nSPS) is 10.0. The maximum atomic E-state index is 13.0. The van der Waals surface area contributed by atoms with Crippen molar-refractivity contribution in [1.29, 1.82) is 0 Å². The van der Waals surface area contributed by atoms with E-state index in [4.69, 9.17) is 4.74 Å². The summed E-state index contributed by atoms with van der Waals surface area (Å²) in [5.74, 6) is 0.172. The van der Waals surface area contributed by atoms with E-state index < -0.39 is 0 Å². The van der Waals surface area contributed by atoms with Crippen molar-refractivity contribution in [2.75, 3.05) is 12.4 Å². The molecule has 0 amide bonds. The number of pyridine rings is 1. The SMILES string of the molecule is COc1cc(F)ccc1NCc1ccccn1. The van der Waals surface area contributed by atoms with E-state index in [1.807, 2.05) is 18.2 Å². The molecule has 0 saturated carbocycles. The minimum Gasteiger partial charge on any atom is -0.494 e. The van der Waals surface area contributed by atoms with Crippen LogP contribution in [0.2, 0.25) is 0 Å². The van der Waals surface area contributed by atoms with Crippen LogP contribution in [0, 0.1) is 5.82 Å². The van der Waals surface area contributed by atoms with E-state index in [0.717, 1.165) is 11.4 Å². The third kappa shape index (κ3) is 2.93. The largest absolute Gasteiger partial charge is 0.494 e. The van der Waals surface area contributed by atoms with Crippen LogP contribution in [-0.2, 0) is 6.54 Å². The zero-order valence-electron chi connectivity index (χ0n) is 9.48. The minimum absolute atomic E-state index is 0.315. The summed E-state index contributed by atoms with van der Waals surface area (Å²) < 4.78 is 18.1. The summed E-state index contributed by atoms with van der Waals surface area (Å²) in [6.07, 6.45) is 1.74. The van der Waals surface area contributed by atoms with Gasteiger partial charge in [-0.3, -0.25) is 4.98 Å². The molecule has 3 nitrogen and oxygen atoms in total. The van der Waals surface area contributed by atoms with Crippen LogP contribution in [0.15, 0.2) is 42.6 Å². The number of benzene rings is 1. The molecule has 2 rings (SSSR count). The van der Waals surface area contributed by atoms with Crippen LogP contribution in [0.5, 0.6) is 5.75 Å². The summed E-state index contributed by atoms with van der Waals surface area (Å²) in [5, 5.41) is 3.15. The Morgan fingerprint density at radius 2 is 2.18 bits per heavy atom. The number of nitrogens with zero attached hydrogens (tertiary/aromatic N) is 1. The molecule has 0 unspecified atom stereocenters. The van der Waals surface area contributed by atoms with E-state index in [1.165, 1.54) is 19.2 Å². The number of anilines is 1. The smallest absolute Gasteiger partial charge is 0.144 e. The van der Waals surface area contributed by atoms with Gasteiger partial charge in [0.05, 0.1) is 25.0 Å². The van der Waals surface area contributed by atoms with E-state index in [9.17, 15) is 4.39 Å². The first kappa shape index (κ1) is 11.4. The lowest BCUT2D eigenvalue weighted by molar-refractivity contribution is 0.413. The van der Waals surface area contributed by atoms with Gasteiger partial charge in [0.1, 0.15) is 11.6 Å². The van der Waals surface area contributed by atoms with Crippen molar-refractivity contribution in [2.45, 2.75) is 6.54 Å². The standard InChI is InChI=1S/C13H13FN2O/c1-17-13-8-10(14)5-6-12(13)16-9-11-4-2-3-7-15-11/h2-8,16H,9H2,1H3. The fourth-order valence-corrected chi connectivity index (χ4v) is 1.50. The second-order valence-electron chi connectivity index (χ2n) is 3.52. The number of halogens is 1. The molecule has 1 aromatic heterocycles. The van der Waals surface area contributed by atoms with Gasteiger partial charge >= 0.3 is 0 Å². The molecule has 0 aliphatic rings. The molecule has 0 saturated heterocycles. The number of methoxy groups -OCH3 is 1. The van der Waals surface area contributed by atoms with Gasteiger partial charge in [-0.05, 0) is 24.3 Å². The van der Waals surface area contributed by atoms with Crippen molar-refractivity contribution in [1.82, 2.24) is 4.98 Å². The highest BCUT2D eigenvalue weighted by atomic mass is 19.1. The highest BCUT2D eigenvalue weighted by Crippen LogP contribution is 2.25. The zero-order chi connectivity index (χ0) is 12.1.